The third kappa shape index (κ3) is 4.33. The van der Waals surface area contributed by atoms with E-state index in [4.69, 9.17) is 6.57 Å². The maximum Gasteiger partial charge on any atom is 0.189 e. The molecule has 0 atom stereocenters. The van der Waals surface area contributed by atoms with Gasteiger partial charge in [-0.1, -0.05) is 84.9 Å². The van der Waals surface area contributed by atoms with Crippen LogP contribution in [0.3, 0.4) is 0 Å². The van der Waals surface area contributed by atoms with E-state index in [9.17, 15) is 5.26 Å². The molecule has 0 amide bonds. The van der Waals surface area contributed by atoms with Crippen LogP contribution in [0.1, 0.15) is 5.56 Å². The van der Waals surface area contributed by atoms with Gasteiger partial charge in [0.2, 0.25) is 0 Å². The van der Waals surface area contributed by atoms with Gasteiger partial charge in [0.1, 0.15) is 0 Å². The fourth-order valence-electron chi connectivity index (χ4n) is 5.69. The van der Waals surface area contributed by atoms with E-state index >= 15 is 0 Å². The number of para-hydroxylation sites is 2. The van der Waals surface area contributed by atoms with Gasteiger partial charge in [-0.25, -0.2) is 4.85 Å². The van der Waals surface area contributed by atoms with Crippen LogP contribution in [0.2, 0.25) is 0 Å². The second kappa shape index (κ2) is 10.0. The number of hydrogen-bond donors (Lipinski definition) is 0. The Labute approximate surface area is 238 Å². The van der Waals surface area contributed by atoms with Crippen molar-refractivity contribution in [2.45, 2.75) is 0 Å². The molecule has 0 spiro atoms. The third-order valence-corrected chi connectivity index (χ3v) is 7.57. The minimum absolute atomic E-state index is 0.586. The molecular formula is C38H23N3. The first kappa shape index (κ1) is 24.2. The predicted molar refractivity (Wildman–Crippen MR) is 168 cm³/mol. The summed E-state index contributed by atoms with van der Waals surface area (Å²) in [5.74, 6) is 0. The average molecular weight is 522 g/mol. The highest BCUT2D eigenvalue weighted by molar-refractivity contribution is 6.09. The normalized spacial score (nSPS) is 10.9. The molecule has 41 heavy (non-hydrogen) atoms. The molecule has 0 radical (unpaired) electrons. The highest BCUT2D eigenvalue weighted by Gasteiger charge is 2.14. The van der Waals surface area contributed by atoms with Crippen molar-refractivity contribution in [2.75, 3.05) is 0 Å². The second-order valence-corrected chi connectivity index (χ2v) is 10.1. The van der Waals surface area contributed by atoms with E-state index in [-0.39, 0.29) is 0 Å². The lowest BCUT2D eigenvalue weighted by molar-refractivity contribution is 1.18. The summed E-state index contributed by atoms with van der Waals surface area (Å²) in [4.78, 5) is 3.84. The number of nitrogens with zero attached hydrogens (tertiary/aromatic N) is 3. The predicted octanol–water partition coefficient (Wildman–Crippen LogP) is 10.2. The quantitative estimate of drug-likeness (QED) is 0.212. The molecule has 3 nitrogen and oxygen atoms in total. The minimum atomic E-state index is 0.586. The van der Waals surface area contributed by atoms with Gasteiger partial charge in [-0.15, -0.1) is 0 Å². The van der Waals surface area contributed by atoms with Gasteiger partial charge in [0.15, 0.2) is 5.69 Å². The molecule has 3 heteroatoms. The molecule has 0 N–H and O–H groups in total. The van der Waals surface area contributed by atoms with Crippen LogP contribution in [-0.2, 0) is 0 Å². The molecule has 6 aromatic carbocycles. The summed E-state index contributed by atoms with van der Waals surface area (Å²) in [6, 6.07) is 49.7. The molecule has 0 fully saturated rings. The van der Waals surface area contributed by atoms with Crippen molar-refractivity contribution >= 4 is 27.5 Å². The van der Waals surface area contributed by atoms with Crippen molar-refractivity contribution in [1.82, 2.24) is 4.57 Å². The van der Waals surface area contributed by atoms with Crippen LogP contribution in [0.15, 0.2) is 140 Å². The Hall–Kier alpha value is -5.90. The van der Waals surface area contributed by atoms with E-state index in [1.165, 1.54) is 10.8 Å². The molecule has 0 saturated carbocycles. The summed E-state index contributed by atoms with van der Waals surface area (Å²) in [6.45, 7) is 7.86. The summed E-state index contributed by atoms with van der Waals surface area (Å²) < 4.78 is 2.25. The summed E-state index contributed by atoms with van der Waals surface area (Å²) in [5, 5.41) is 12.1. The molecule has 7 aromatic rings. The van der Waals surface area contributed by atoms with Gasteiger partial charge in [0.25, 0.3) is 0 Å². The number of aromatic nitrogens is 1. The van der Waals surface area contributed by atoms with Crippen molar-refractivity contribution in [2.24, 2.45) is 0 Å². The summed E-state index contributed by atoms with van der Waals surface area (Å²) in [6.07, 6.45) is 0. The zero-order valence-electron chi connectivity index (χ0n) is 22.1. The topological polar surface area (TPSA) is 33.1 Å². The molecule has 0 aliphatic rings. The highest BCUT2D eigenvalue weighted by atomic mass is 15.0. The molecule has 0 saturated heterocycles. The van der Waals surface area contributed by atoms with E-state index in [0.717, 1.165) is 50.1 Å². The monoisotopic (exact) mass is 521 g/mol. The van der Waals surface area contributed by atoms with Gasteiger partial charge in [-0.05, 0) is 88.0 Å². The Morgan fingerprint density at radius 1 is 0.512 bits per heavy atom. The van der Waals surface area contributed by atoms with Crippen LogP contribution >= 0.6 is 0 Å². The molecule has 0 aliphatic heterocycles. The van der Waals surface area contributed by atoms with Crippen LogP contribution in [0.4, 0.5) is 5.69 Å². The highest BCUT2D eigenvalue weighted by Crippen LogP contribution is 2.37. The molecule has 0 bridgehead atoms. The fraction of sp³-hybridized carbons (Fsp3) is 0. The Balaban J connectivity index is 1.39. The molecular weight excluding hydrogens is 498 g/mol. The third-order valence-electron chi connectivity index (χ3n) is 7.57. The van der Waals surface area contributed by atoms with Gasteiger partial charge in [-0.2, -0.15) is 5.26 Å². The van der Waals surface area contributed by atoms with Gasteiger partial charge in [0.05, 0.1) is 29.2 Å². The number of hydrogen-bond acceptors (Lipinski definition) is 1. The summed E-state index contributed by atoms with van der Waals surface area (Å²) >= 11 is 0. The number of benzene rings is 6. The molecule has 0 unspecified atom stereocenters. The second-order valence-electron chi connectivity index (χ2n) is 10.1. The van der Waals surface area contributed by atoms with E-state index in [1.807, 2.05) is 48.5 Å². The first-order chi connectivity index (χ1) is 20.2. The van der Waals surface area contributed by atoms with Crippen LogP contribution in [0, 0.1) is 17.9 Å². The Kier molecular flexibility index (Phi) is 5.90. The van der Waals surface area contributed by atoms with Gasteiger partial charge < -0.3 is 4.57 Å². The maximum absolute atomic E-state index is 9.76. The number of nitriles is 1. The van der Waals surface area contributed by atoms with Crippen molar-refractivity contribution in [3.8, 4) is 45.1 Å². The lowest BCUT2D eigenvalue weighted by atomic mass is 9.94. The van der Waals surface area contributed by atoms with Gasteiger partial charge >= 0.3 is 0 Å². The largest absolute Gasteiger partial charge is 0.310 e. The molecule has 190 valence electrons. The smallest absolute Gasteiger partial charge is 0.189 e. The van der Waals surface area contributed by atoms with Crippen LogP contribution in [0.5, 0.6) is 0 Å². The Morgan fingerprint density at radius 3 is 1.68 bits per heavy atom. The van der Waals surface area contributed by atoms with Crippen molar-refractivity contribution in [3.63, 3.8) is 0 Å². The van der Waals surface area contributed by atoms with Crippen molar-refractivity contribution < 1.29 is 0 Å². The number of fused-ring (bicyclic) bond motifs is 3. The van der Waals surface area contributed by atoms with Gasteiger partial charge in [0, 0.05) is 16.5 Å². The SMILES string of the molecule is [C-]#[N+]c1cc(-c2cccc(-c3cc(C#N)cc(-c4ccccc4)c3)c2)cc(-n2c3ccccc3c3ccccc32)c1. The average Bonchev–Trinajstić information content (AvgIpc) is 3.39. The summed E-state index contributed by atoms with van der Waals surface area (Å²) in [5.41, 5.74) is 10.4. The summed E-state index contributed by atoms with van der Waals surface area (Å²) in [7, 11) is 0. The van der Waals surface area contributed by atoms with Gasteiger partial charge in [-0.3, -0.25) is 0 Å². The Morgan fingerprint density at radius 2 is 1.05 bits per heavy atom. The molecule has 7 rings (SSSR count). The zero-order valence-corrected chi connectivity index (χ0v) is 22.1. The van der Waals surface area contributed by atoms with E-state index in [0.29, 0.717) is 11.3 Å². The first-order valence-electron chi connectivity index (χ1n) is 13.4. The van der Waals surface area contributed by atoms with Crippen LogP contribution in [0.25, 0.3) is 65.7 Å². The standard InChI is InChI=1S/C38H23N3/c1-40-33-22-32(23-34(24-33)41-37-16-7-5-14-35(37)36-15-6-8-17-38(36)41)29-13-9-12-28(20-29)31-19-26(25-39)18-30(21-31)27-10-3-2-4-11-27/h2-24H. The maximum atomic E-state index is 9.76. The fourth-order valence-corrected chi connectivity index (χ4v) is 5.69. The lowest BCUT2D eigenvalue weighted by Gasteiger charge is -2.13. The van der Waals surface area contributed by atoms with E-state index in [1.54, 1.807) is 0 Å². The van der Waals surface area contributed by atoms with E-state index < -0.39 is 0 Å². The van der Waals surface area contributed by atoms with Crippen molar-refractivity contribution in [1.29, 1.82) is 5.26 Å². The first-order valence-corrected chi connectivity index (χ1v) is 13.4. The number of rotatable bonds is 4. The zero-order chi connectivity index (χ0) is 27.8. The van der Waals surface area contributed by atoms with Crippen LogP contribution < -0.4 is 0 Å². The Bertz CT molecular complexity index is 2120. The molecule has 1 heterocycles. The molecule has 1 aromatic heterocycles. The van der Waals surface area contributed by atoms with Crippen LogP contribution in [-0.4, -0.2) is 4.57 Å². The molecule has 0 aliphatic carbocycles. The minimum Gasteiger partial charge on any atom is -0.310 e. The lowest BCUT2D eigenvalue weighted by Crippen LogP contribution is -1.94. The van der Waals surface area contributed by atoms with E-state index in [2.05, 4.69) is 106 Å². The van der Waals surface area contributed by atoms with Crippen molar-refractivity contribution in [3.05, 3.63) is 157 Å².